The molecular weight excluding hydrogens is 271 g/mol. The van der Waals surface area contributed by atoms with Gasteiger partial charge in [-0.3, -0.25) is 4.79 Å². The van der Waals surface area contributed by atoms with Gasteiger partial charge in [0, 0.05) is 11.1 Å². The maximum absolute atomic E-state index is 11.9. The molecule has 0 aliphatic carbocycles. The summed E-state index contributed by atoms with van der Waals surface area (Å²) in [4.78, 5) is 11.9. The number of anilines is 1. The highest BCUT2D eigenvalue weighted by atomic mass is 35.5. The number of hydrogen-bond acceptors (Lipinski definition) is 2. The van der Waals surface area contributed by atoms with Crippen LogP contribution in [0.2, 0.25) is 10.0 Å². The smallest absolute Gasteiger partial charge is 0.241 e. The fourth-order valence-corrected chi connectivity index (χ4v) is 1.91. The number of hydrogen-bond donors (Lipinski definition) is 2. The molecule has 0 aliphatic heterocycles. The molecule has 0 radical (unpaired) electrons. The van der Waals surface area contributed by atoms with Crippen molar-refractivity contribution in [2.24, 2.45) is 0 Å². The van der Waals surface area contributed by atoms with Gasteiger partial charge in [-0.25, -0.2) is 0 Å². The van der Waals surface area contributed by atoms with Gasteiger partial charge in [0.15, 0.2) is 0 Å². The van der Waals surface area contributed by atoms with E-state index >= 15 is 0 Å². The number of halogens is 2. The standard InChI is InChI=1S/C13H18Cl2N2O/c1-4-8(2)16-9(3)13(18)17-12-6-5-10(14)7-11(12)15/h5-9,16H,4H2,1-3H3,(H,17,18)/t8-,9+/m1/s1. The van der Waals surface area contributed by atoms with Gasteiger partial charge in [0.2, 0.25) is 5.91 Å². The van der Waals surface area contributed by atoms with Crippen molar-refractivity contribution in [2.45, 2.75) is 39.3 Å². The summed E-state index contributed by atoms with van der Waals surface area (Å²) in [6.07, 6.45) is 0.972. The lowest BCUT2D eigenvalue weighted by atomic mass is 10.2. The van der Waals surface area contributed by atoms with E-state index in [0.717, 1.165) is 6.42 Å². The molecule has 5 heteroatoms. The lowest BCUT2D eigenvalue weighted by Crippen LogP contribution is -2.42. The molecule has 1 aromatic rings. The second kappa shape index (κ2) is 6.98. The first kappa shape index (κ1) is 15.3. The summed E-state index contributed by atoms with van der Waals surface area (Å²) in [6.45, 7) is 5.93. The SMILES string of the molecule is CC[C@@H](C)N[C@@H](C)C(=O)Nc1ccc(Cl)cc1Cl. The minimum absolute atomic E-state index is 0.112. The minimum Gasteiger partial charge on any atom is -0.323 e. The summed E-state index contributed by atoms with van der Waals surface area (Å²) in [5.74, 6) is -0.112. The average Bonchev–Trinajstić information content (AvgIpc) is 2.32. The molecule has 1 amide bonds. The molecule has 1 aromatic carbocycles. The van der Waals surface area contributed by atoms with Crippen LogP contribution >= 0.6 is 23.2 Å². The summed E-state index contributed by atoms with van der Waals surface area (Å²) in [5.41, 5.74) is 0.573. The zero-order chi connectivity index (χ0) is 13.7. The summed E-state index contributed by atoms with van der Waals surface area (Å²) in [7, 11) is 0. The first-order valence-electron chi connectivity index (χ1n) is 5.96. The van der Waals surface area contributed by atoms with Crippen molar-refractivity contribution in [3.05, 3.63) is 28.2 Å². The maximum atomic E-state index is 11.9. The number of benzene rings is 1. The summed E-state index contributed by atoms with van der Waals surface area (Å²) in [6, 6.07) is 5.01. The summed E-state index contributed by atoms with van der Waals surface area (Å²) >= 11 is 11.8. The zero-order valence-electron chi connectivity index (χ0n) is 10.8. The lowest BCUT2D eigenvalue weighted by Gasteiger charge is -2.18. The van der Waals surface area contributed by atoms with Crippen LogP contribution in [0.15, 0.2) is 18.2 Å². The van der Waals surface area contributed by atoms with Gasteiger partial charge in [-0.2, -0.15) is 0 Å². The van der Waals surface area contributed by atoms with E-state index in [4.69, 9.17) is 23.2 Å². The van der Waals surface area contributed by atoms with Crippen LogP contribution in [0.25, 0.3) is 0 Å². The first-order chi connectivity index (χ1) is 8.43. The van der Waals surface area contributed by atoms with Crippen LogP contribution < -0.4 is 10.6 Å². The molecule has 2 N–H and O–H groups in total. The van der Waals surface area contributed by atoms with Crippen LogP contribution in [-0.4, -0.2) is 18.0 Å². The van der Waals surface area contributed by atoms with Gasteiger partial charge >= 0.3 is 0 Å². The Bertz CT molecular complexity index is 423. The van der Waals surface area contributed by atoms with E-state index in [2.05, 4.69) is 17.6 Å². The van der Waals surface area contributed by atoms with Crippen molar-refractivity contribution in [3.8, 4) is 0 Å². The van der Waals surface area contributed by atoms with E-state index in [1.807, 2.05) is 13.8 Å². The van der Waals surface area contributed by atoms with Crippen molar-refractivity contribution in [1.82, 2.24) is 5.32 Å². The van der Waals surface area contributed by atoms with Crippen molar-refractivity contribution in [1.29, 1.82) is 0 Å². The van der Waals surface area contributed by atoms with Crippen LogP contribution in [0, 0.1) is 0 Å². The Morgan fingerprint density at radius 1 is 1.33 bits per heavy atom. The van der Waals surface area contributed by atoms with Crippen LogP contribution in [0.1, 0.15) is 27.2 Å². The van der Waals surface area contributed by atoms with E-state index in [0.29, 0.717) is 21.8 Å². The molecule has 2 atom stereocenters. The molecule has 1 rings (SSSR count). The fraction of sp³-hybridized carbons (Fsp3) is 0.462. The molecule has 0 bridgehead atoms. The van der Waals surface area contributed by atoms with E-state index in [1.54, 1.807) is 18.2 Å². The van der Waals surface area contributed by atoms with Crippen LogP contribution in [0.4, 0.5) is 5.69 Å². The summed E-state index contributed by atoms with van der Waals surface area (Å²) < 4.78 is 0. The molecule has 0 aliphatic rings. The van der Waals surface area contributed by atoms with Gasteiger partial charge in [0.25, 0.3) is 0 Å². The van der Waals surface area contributed by atoms with E-state index in [9.17, 15) is 4.79 Å². The van der Waals surface area contributed by atoms with Crippen molar-refractivity contribution in [2.75, 3.05) is 5.32 Å². The fourth-order valence-electron chi connectivity index (χ4n) is 1.45. The molecule has 18 heavy (non-hydrogen) atoms. The van der Waals surface area contributed by atoms with Crippen molar-refractivity contribution < 1.29 is 4.79 Å². The molecule has 0 saturated carbocycles. The highest BCUT2D eigenvalue weighted by molar-refractivity contribution is 6.36. The predicted octanol–water partition coefficient (Wildman–Crippen LogP) is 3.71. The van der Waals surface area contributed by atoms with Crippen LogP contribution in [0.5, 0.6) is 0 Å². The molecule has 0 heterocycles. The molecule has 0 aromatic heterocycles. The Morgan fingerprint density at radius 3 is 2.56 bits per heavy atom. The Hall–Kier alpha value is -0.770. The Morgan fingerprint density at radius 2 is 2.00 bits per heavy atom. The molecule has 0 spiro atoms. The van der Waals surface area contributed by atoms with Crippen molar-refractivity contribution >= 4 is 34.8 Å². The Labute approximate surface area is 118 Å². The van der Waals surface area contributed by atoms with Gasteiger partial charge < -0.3 is 10.6 Å². The van der Waals surface area contributed by atoms with E-state index in [1.165, 1.54) is 0 Å². The molecular formula is C13H18Cl2N2O. The number of nitrogens with one attached hydrogen (secondary N) is 2. The second-order valence-electron chi connectivity index (χ2n) is 4.31. The predicted molar refractivity (Wildman–Crippen MR) is 77.4 cm³/mol. The number of carbonyl (C=O) groups excluding carboxylic acids is 1. The highest BCUT2D eigenvalue weighted by Gasteiger charge is 2.15. The second-order valence-corrected chi connectivity index (χ2v) is 5.15. The van der Waals surface area contributed by atoms with Gasteiger partial charge in [-0.15, -0.1) is 0 Å². The third kappa shape index (κ3) is 4.48. The molecule has 0 unspecified atom stereocenters. The molecule has 0 fully saturated rings. The van der Waals surface area contributed by atoms with Gasteiger partial charge in [0.1, 0.15) is 0 Å². The van der Waals surface area contributed by atoms with Gasteiger partial charge in [-0.05, 0) is 38.5 Å². The zero-order valence-corrected chi connectivity index (χ0v) is 12.3. The maximum Gasteiger partial charge on any atom is 0.241 e. The largest absolute Gasteiger partial charge is 0.323 e. The molecule has 3 nitrogen and oxygen atoms in total. The van der Waals surface area contributed by atoms with Crippen molar-refractivity contribution in [3.63, 3.8) is 0 Å². The number of carbonyl (C=O) groups is 1. The van der Waals surface area contributed by atoms with Gasteiger partial charge in [-0.1, -0.05) is 30.1 Å². The van der Waals surface area contributed by atoms with E-state index < -0.39 is 0 Å². The topological polar surface area (TPSA) is 41.1 Å². The van der Waals surface area contributed by atoms with Gasteiger partial charge in [0.05, 0.1) is 16.8 Å². The first-order valence-corrected chi connectivity index (χ1v) is 6.71. The third-order valence-electron chi connectivity index (χ3n) is 2.73. The Balaban J connectivity index is 2.64. The third-order valence-corrected chi connectivity index (χ3v) is 3.28. The minimum atomic E-state index is -0.272. The quantitative estimate of drug-likeness (QED) is 0.867. The number of rotatable bonds is 5. The van der Waals surface area contributed by atoms with Crippen LogP contribution in [-0.2, 0) is 4.79 Å². The van der Waals surface area contributed by atoms with E-state index in [-0.39, 0.29) is 11.9 Å². The lowest BCUT2D eigenvalue weighted by molar-refractivity contribution is -0.117. The molecule has 100 valence electrons. The Kier molecular flexibility index (Phi) is 5.93. The normalized spacial score (nSPS) is 14.1. The molecule has 0 saturated heterocycles. The summed E-state index contributed by atoms with van der Waals surface area (Å²) in [5, 5.41) is 6.96. The monoisotopic (exact) mass is 288 g/mol. The van der Waals surface area contributed by atoms with Crippen LogP contribution in [0.3, 0.4) is 0 Å². The number of amides is 1. The average molecular weight is 289 g/mol. The highest BCUT2D eigenvalue weighted by Crippen LogP contribution is 2.25.